The Labute approximate surface area is 432 Å². The van der Waals surface area contributed by atoms with Gasteiger partial charge in [-0.1, -0.05) is 234 Å². The fourth-order valence-corrected chi connectivity index (χ4v) is 7.91. The first-order chi connectivity index (χ1) is 34.5. The van der Waals surface area contributed by atoms with Gasteiger partial charge in [0.15, 0.2) is 6.10 Å². The molecule has 0 saturated carbocycles. The zero-order valence-electron chi connectivity index (χ0n) is 45.8. The van der Waals surface area contributed by atoms with Gasteiger partial charge in [-0.05, 0) is 116 Å². The van der Waals surface area contributed by atoms with Gasteiger partial charge < -0.3 is 14.2 Å². The highest BCUT2D eigenvalue weighted by Crippen LogP contribution is 2.14. The van der Waals surface area contributed by atoms with Gasteiger partial charge in [-0.25, -0.2) is 0 Å². The van der Waals surface area contributed by atoms with Crippen molar-refractivity contribution in [2.24, 2.45) is 0 Å². The van der Waals surface area contributed by atoms with Gasteiger partial charge in [0.2, 0.25) is 0 Å². The molecule has 400 valence electrons. The fraction of sp³-hybridized carbons (Fsp3) is 0.703. The van der Waals surface area contributed by atoms with E-state index in [1.165, 1.54) is 128 Å². The number of hydrogen-bond donors (Lipinski definition) is 0. The van der Waals surface area contributed by atoms with Crippen molar-refractivity contribution in [1.82, 2.24) is 0 Å². The number of hydrogen-bond acceptors (Lipinski definition) is 6. The van der Waals surface area contributed by atoms with Crippen molar-refractivity contribution in [3.8, 4) is 0 Å². The van der Waals surface area contributed by atoms with E-state index >= 15 is 0 Å². The van der Waals surface area contributed by atoms with Crippen LogP contribution >= 0.6 is 0 Å². The normalized spacial score (nSPS) is 12.8. The minimum atomic E-state index is -0.814. The highest BCUT2D eigenvalue weighted by molar-refractivity contribution is 5.71. The number of carbonyl (C=O) groups is 3. The molecule has 0 amide bonds. The zero-order chi connectivity index (χ0) is 50.7. The van der Waals surface area contributed by atoms with Crippen molar-refractivity contribution in [2.45, 2.75) is 277 Å². The van der Waals surface area contributed by atoms with Gasteiger partial charge in [0.1, 0.15) is 13.2 Å². The average molecular weight is 974 g/mol. The molecular weight excluding hydrogens is 865 g/mol. The van der Waals surface area contributed by atoms with Gasteiger partial charge in [-0.15, -0.1) is 0 Å². The highest BCUT2D eigenvalue weighted by atomic mass is 16.6. The number of unbranched alkanes of at least 4 members (excludes halogenated alkanes) is 25. The van der Waals surface area contributed by atoms with Gasteiger partial charge in [0, 0.05) is 19.3 Å². The molecular formula is C64H108O6. The molecule has 6 nitrogen and oxygen atoms in total. The lowest BCUT2D eigenvalue weighted by molar-refractivity contribution is -0.167. The Hall–Kier alpha value is -3.67. The maximum absolute atomic E-state index is 12.8. The summed E-state index contributed by atoms with van der Waals surface area (Å²) < 4.78 is 16.8. The quantitative estimate of drug-likeness (QED) is 0.0262. The SMILES string of the molecule is CC/C=C\C/C=C\C/C=C\C/C=C\C/C=C\CCCC(=O)OC(COC(=O)CCCCCCC/C=C\CCCCCCCCC)COC(=O)CCCCCCCCCCC/C=C\C/C=C\CCCCC. The maximum Gasteiger partial charge on any atom is 0.306 e. The van der Waals surface area contributed by atoms with Gasteiger partial charge in [0.25, 0.3) is 0 Å². The Balaban J connectivity index is 4.48. The zero-order valence-corrected chi connectivity index (χ0v) is 45.8. The predicted octanol–water partition coefficient (Wildman–Crippen LogP) is 19.7. The van der Waals surface area contributed by atoms with Crippen LogP contribution in [0.25, 0.3) is 0 Å². The Morgan fingerprint density at radius 3 is 0.957 bits per heavy atom. The molecule has 0 aliphatic rings. The van der Waals surface area contributed by atoms with Crippen molar-refractivity contribution >= 4 is 17.9 Å². The molecule has 0 bridgehead atoms. The lowest BCUT2D eigenvalue weighted by Crippen LogP contribution is -2.30. The molecule has 1 unspecified atom stereocenters. The number of esters is 3. The molecule has 0 spiro atoms. The largest absolute Gasteiger partial charge is 0.462 e. The minimum Gasteiger partial charge on any atom is -0.462 e. The highest BCUT2D eigenvalue weighted by Gasteiger charge is 2.19. The molecule has 0 saturated heterocycles. The summed E-state index contributed by atoms with van der Waals surface area (Å²) in [4.78, 5) is 38.2. The molecule has 1 atom stereocenters. The Morgan fingerprint density at radius 1 is 0.300 bits per heavy atom. The monoisotopic (exact) mass is 973 g/mol. The molecule has 70 heavy (non-hydrogen) atoms. The Kier molecular flexibility index (Phi) is 54.9. The first kappa shape index (κ1) is 66.3. The van der Waals surface area contributed by atoms with Crippen LogP contribution in [0.3, 0.4) is 0 Å². The number of rotatable bonds is 52. The van der Waals surface area contributed by atoms with E-state index in [9.17, 15) is 14.4 Å². The first-order valence-corrected chi connectivity index (χ1v) is 29.2. The van der Waals surface area contributed by atoms with Crippen molar-refractivity contribution in [1.29, 1.82) is 0 Å². The van der Waals surface area contributed by atoms with E-state index in [1.807, 2.05) is 0 Å². The molecule has 0 aliphatic heterocycles. The predicted molar refractivity (Wildman–Crippen MR) is 302 cm³/mol. The molecule has 0 radical (unpaired) electrons. The third-order valence-electron chi connectivity index (χ3n) is 12.3. The topological polar surface area (TPSA) is 78.9 Å². The van der Waals surface area contributed by atoms with E-state index in [2.05, 4.69) is 118 Å². The summed E-state index contributed by atoms with van der Waals surface area (Å²) in [5.74, 6) is -0.972. The van der Waals surface area contributed by atoms with Gasteiger partial charge >= 0.3 is 17.9 Å². The molecule has 0 aromatic rings. The molecule has 0 N–H and O–H groups in total. The third kappa shape index (κ3) is 55.3. The molecule has 0 fully saturated rings. The molecule has 6 heteroatoms. The first-order valence-electron chi connectivity index (χ1n) is 29.2. The summed E-state index contributed by atoms with van der Waals surface area (Å²) in [6, 6.07) is 0. The van der Waals surface area contributed by atoms with Crippen LogP contribution in [0.15, 0.2) is 97.2 Å². The fourth-order valence-electron chi connectivity index (χ4n) is 7.91. The van der Waals surface area contributed by atoms with Crippen LogP contribution in [-0.4, -0.2) is 37.2 Å². The van der Waals surface area contributed by atoms with Crippen LogP contribution in [0.1, 0.15) is 271 Å². The average Bonchev–Trinajstić information content (AvgIpc) is 3.36. The number of ether oxygens (including phenoxy) is 3. The minimum absolute atomic E-state index is 0.105. The molecule has 0 aromatic heterocycles. The molecule has 0 aromatic carbocycles. The van der Waals surface area contributed by atoms with E-state index in [0.29, 0.717) is 19.3 Å². The van der Waals surface area contributed by atoms with Crippen molar-refractivity contribution < 1.29 is 28.6 Å². The van der Waals surface area contributed by atoms with Gasteiger partial charge in [-0.2, -0.15) is 0 Å². The standard InChI is InChI=1S/C64H108O6/c1-4-7-10-13-16-19-22-25-28-31-32-34-36-39-42-45-48-51-54-57-63(66)69-60-61(59-68-62(65)56-53-50-47-44-41-38-35-30-27-24-21-18-15-12-9-6-3)70-64(67)58-55-52-49-46-43-40-37-33-29-26-23-20-17-14-11-8-5-2/h8,11,16-17,19-20,25-26,28-30,35,37,40,46,49,61H,4-7,9-10,12-15,18,21-24,27,31-34,36,38-39,41-45,47-48,50-60H2,1-3H3/b11-8-,19-16-,20-17-,28-25-,29-26-,35-30-,40-37-,49-46-. The van der Waals surface area contributed by atoms with Crippen LogP contribution in [0.2, 0.25) is 0 Å². The van der Waals surface area contributed by atoms with Gasteiger partial charge in [-0.3, -0.25) is 14.4 Å². The summed E-state index contributed by atoms with van der Waals surface area (Å²) in [5, 5.41) is 0. The van der Waals surface area contributed by atoms with Crippen molar-refractivity contribution in [3.63, 3.8) is 0 Å². The summed E-state index contributed by atoms with van der Waals surface area (Å²) in [5.41, 5.74) is 0. The second kappa shape index (κ2) is 57.9. The van der Waals surface area contributed by atoms with Crippen LogP contribution in [-0.2, 0) is 28.6 Å². The Morgan fingerprint density at radius 2 is 0.571 bits per heavy atom. The maximum atomic E-state index is 12.8. The van der Waals surface area contributed by atoms with E-state index in [0.717, 1.165) is 96.3 Å². The van der Waals surface area contributed by atoms with Crippen LogP contribution in [0.5, 0.6) is 0 Å². The summed E-state index contributed by atoms with van der Waals surface area (Å²) in [6.07, 6.45) is 76.9. The van der Waals surface area contributed by atoms with E-state index < -0.39 is 6.10 Å². The van der Waals surface area contributed by atoms with Gasteiger partial charge in [0.05, 0.1) is 0 Å². The van der Waals surface area contributed by atoms with E-state index in [-0.39, 0.29) is 37.5 Å². The van der Waals surface area contributed by atoms with Crippen molar-refractivity contribution in [3.05, 3.63) is 97.2 Å². The van der Waals surface area contributed by atoms with E-state index in [1.54, 1.807) is 0 Å². The second-order valence-corrected chi connectivity index (χ2v) is 19.2. The molecule has 0 aliphatic carbocycles. The summed E-state index contributed by atoms with van der Waals surface area (Å²) in [7, 11) is 0. The number of allylic oxidation sites excluding steroid dienone is 16. The van der Waals surface area contributed by atoms with Crippen LogP contribution < -0.4 is 0 Å². The lowest BCUT2D eigenvalue weighted by atomic mass is 10.1. The molecule has 0 rings (SSSR count). The van der Waals surface area contributed by atoms with Crippen LogP contribution in [0, 0.1) is 0 Å². The summed E-state index contributed by atoms with van der Waals surface area (Å²) in [6.45, 7) is 6.45. The molecule has 0 heterocycles. The number of carbonyl (C=O) groups excluding carboxylic acids is 3. The smallest absolute Gasteiger partial charge is 0.306 e. The third-order valence-corrected chi connectivity index (χ3v) is 12.3. The van der Waals surface area contributed by atoms with E-state index in [4.69, 9.17) is 14.2 Å². The Bertz CT molecular complexity index is 1400. The van der Waals surface area contributed by atoms with Crippen molar-refractivity contribution in [2.75, 3.05) is 13.2 Å². The lowest BCUT2D eigenvalue weighted by Gasteiger charge is -2.18. The summed E-state index contributed by atoms with van der Waals surface area (Å²) >= 11 is 0. The second-order valence-electron chi connectivity index (χ2n) is 19.2. The van der Waals surface area contributed by atoms with Crippen LogP contribution in [0.4, 0.5) is 0 Å².